The Morgan fingerprint density at radius 1 is 1.16 bits per heavy atom. The molecule has 0 radical (unpaired) electrons. The number of carbonyl (C=O) groups is 1. The number of nitrogens with zero attached hydrogens (tertiary/aromatic N) is 1. The van der Waals surface area contributed by atoms with Gasteiger partial charge in [-0.3, -0.25) is 4.79 Å². The molecule has 8 aliphatic rings. The van der Waals surface area contributed by atoms with E-state index in [1.54, 1.807) is 4.74 Å². The molecule has 3 heterocycles. The molecule has 0 amide bonds. The van der Waals surface area contributed by atoms with E-state index in [1.165, 1.54) is 51.2 Å². The van der Waals surface area contributed by atoms with Crippen molar-refractivity contribution in [3.8, 4) is 0 Å². The molecule has 8 rings (SSSR count). The average Bonchev–Trinajstić information content (AvgIpc) is 3.45. The van der Waals surface area contributed by atoms with Crippen molar-refractivity contribution in [1.29, 1.82) is 0 Å². The monoisotopic (exact) mass is 513 g/mol. The van der Waals surface area contributed by atoms with Crippen LogP contribution in [-0.2, 0) is 14.3 Å². The number of esters is 1. The summed E-state index contributed by atoms with van der Waals surface area (Å²) >= 11 is 0. The molecule has 12 atom stereocenters. The first-order chi connectivity index (χ1) is 17.5. The van der Waals surface area contributed by atoms with Gasteiger partial charge < -0.3 is 19.8 Å². The van der Waals surface area contributed by atoms with Crippen LogP contribution in [0.15, 0.2) is 0 Å². The molecule has 1 spiro atoms. The summed E-state index contributed by atoms with van der Waals surface area (Å²) in [6.45, 7) is 10.4. The van der Waals surface area contributed by atoms with E-state index in [2.05, 4.69) is 27.7 Å². The first-order valence-corrected chi connectivity index (χ1v) is 15.4. The smallest absolute Gasteiger partial charge is 0.302 e. The zero-order valence-corrected chi connectivity index (χ0v) is 23.5. The Hall–Kier alpha value is -1.14. The number of fused-ring (bicyclic) bond motifs is 2. The molecule has 0 aromatic rings. The molecule has 5 aliphatic carbocycles. The molecular weight excluding hydrogens is 466 g/mol. The van der Waals surface area contributed by atoms with Crippen LogP contribution < -0.4 is 0 Å². The van der Waals surface area contributed by atoms with E-state index in [-0.39, 0.29) is 34.9 Å². The minimum atomic E-state index is -0.936. The van der Waals surface area contributed by atoms with Crippen LogP contribution in [0.2, 0.25) is 0 Å². The number of carbonyl (C=O) groups excluding carboxylic acids is 1. The number of hydrogen-bond donors (Lipinski definition) is 1. The normalized spacial score (nSPS) is 55.2. The SMILES string of the molecule is CC(=O)O[C@H]1CC[C@]2(C)O[C@@H](O)[C@@]1(C)[C@H]2CC[C@]12C3=[N+]([O-])C4[C@@H](CC[C@@]45CCC[C@H]51)[C@@H]2CC[C@@H]3C(C)C. The molecule has 37 heavy (non-hydrogen) atoms. The van der Waals surface area contributed by atoms with E-state index >= 15 is 0 Å². The van der Waals surface area contributed by atoms with Gasteiger partial charge in [-0.2, -0.15) is 0 Å². The van der Waals surface area contributed by atoms with Crippen LogP contribution in [0.1, 0.15) is 105 Å². The van der Waals surface area contributed by atoms with Gasteiger partial charge in [-0.25, -0.2) is 4.74 Å². The lowest BCUT2D eigenvalue weighted by atomic mass is 9.40. The van der Waals surface area contributed by atoms with Gasteiger partial charge in [0.15, 0.2) is 18.0 Å². The maximum Gasteiger partial charge on any atom is 0.302 e. The molecule has 8 bridgehead atoms. The third-order valence-corrected chi connectivity index (χ3v) is 13.6. The molecule has 1 N–H and O–H groups in total. The number of hydrogen-bond acceptors (Lipinski definition) is 5. The molecule has 1 saturated heterocycles. The summed E-state index contributed by atoms with van der Waals surface area (Å²) < 4.78 is 13.8. The van der Waals surface area contributed by atoms with Crippen LogP contribution in [0.5, 0.6) is 0 Å². The van der Waals surface area contributed by atoms with Gasteiger partial charge in [0, 0.05) is 30.1 Å². The number of aliphatic hydroxyl groups excluding tert-OH is 1. The van der Waals surface area contributed by atoms with Crippen molar-refractivity contribution in [2.75, 3.05) is 0 Å². The molecule has 5 saturated carbocycles. The lowest BCUT2D eigenvalue weighted by Gasteiger charge is -2.64. The van der Waals surface area contributed by atoms with Crippen molar-refractivity contribution in [2.45, 2.75) is 129 Å². The molecule has 6 heteroatoms. The van der Waals surface area contributed by atoms with E-state index in [0.29, 0.717) is 29.6 Å². The largest absolute Gasteiger partial charge is 0.624 e. The molecule has 3 aliphatic heterocycles. The van der Waals surface area contributed by atoms with Gasteiger partial charge in [0.25, 0.3) is 0 Å². The van der Waals surface area contributed by atoms with E-state index in [1.807, 2.05) is 0 Å². The number of aliphatic hydroxyl groups is 1. The Balaban J connectivity index is 1.31. The highest BCUT2D eigenvalue weighted by Gasteiger charge is 2.80. The van der Waals surface area contributed by atoms with E-state index in [0.717, 1.165) is 32.1 Å². The van der Waals surface area contributed by atoms with E-state index < -0.39 is 17.3 Å². The molecule has 6 nitrogen and oxygen atoms in total. The number of hydroxylamine groups is 1. The fourth-order valence-electron chi connectivity index (χ4n) is 12.5. The average molecular weight is 514 g/mol. The second-order valence-electron chi connectivity index (χ2n) is 15.0. The highest BCUT2D eigenvalue weighted by molar-refractivity contribution is 5.91. The van der Waals surface area contributed by atoms with Crippen LogP contribution >= 0.6 is 0 Å². The van der Waals surface area contributed by atoms with Crippen LogP contribution in [0.3, 0.4) is 0 Å². The maximum atomic E-state index is 14.4. The molecule has 0 aromatic carbocycles. The highest BCUT2D eigenvalue weighted by Crippen LogP contribution is 2.76. The Morgan fingerprint density at radius 2 is 1.95 bits per heavy atom. The van der Waals surface area contributed by atoms with Gasteiger partial charge in [0.2, 0.25) is 0 Å². The highest BCUT2D eigenvalue weighted by atomic mass is 16.6. The first kappa shape index (κ1) is 24.9. The second kappa shape index (κ2) is 7.74. The quantitative estimate of drug-likeness (QED) is 0.301. The zero-order chi connectivity index (χ0) is 26.1. The van der Waals surface area contributed by atoms with E-state index in [9.17, 15) is 15.1 Å². The number of ether oxygens (including phenoxy) is 2. The fourth-order valence-corrected chi connectivity index (χ4v) is 12.5. The van der Waals surface area contributed by atoms with Gasteiger partial charge in [-0.05, 0) is 88.9 Å². The van der Waals surface area contributed by atoms with Crippen LogP contribution in [0.25, 0.3) is 0 Å². The molecule has 6 fully saturated rings. The standard InChI is InChI=1S/C31H47NO5/c1-17(2)19-8-9-21-20-10-15-30-13-6-7-23(30)31(21,26(19)32(35)25(20)30)16-11-22-28(4)14-12-24(36-18(3)33)29(22,5)27(34)37-28/h17,19-25,27,34H,6-16H2,1-5H3/t19-,20+,21+,22+,23-,24+,25?,27-,28+,29+,30-,31-/m1/s1. The summed E-state index contributed by atoms with van der Waals surface area (Å²) in [5.74, 6) is 2.49. The lowest BCUT2D eigenvalue weighted by molar-refractivity contribution is -0.565. The van der Waals surface area contributed by atoms with Crippen LogP contribution in [-0.4, -0.2) is 45.6 Å². The third-order valence-electron chi connectivity index (χ3n) is 13.6. The predicted octanol–water partition coefficient (Wildman–Crippen LogP) is 5.43. The van der Waals surface area contributed by atoms with Gasteiger partial charge in [0.1, 0.15) is 6.10 Å². The Labute approximate surface area is 222 Å². The molecule has 206 valence electrons. The maximum absolute atomic E-state index is 14.4. The zero-order valence-electron chi connectivity index (χ0n) is 23.5. The third kappa shape index (κ3) is 2.80. The van der Waals surface area contributed by atoms with Crippen molar-refractivity contribution in [3.05, 3.63) is 5.21 Å². The molecule has 0 aromatic heterocycles. The van der Waals surface area contributed by atoms with Crippen molar-refractivity contribution in [2.24, 2.45) is 51.8 Å². The van der Waals surface area contributed by atoms with Gasteiger partial charge in [-0.15, -0.1) is 0 Å². The Bertz CT molecular complexity index is 1040. The second-order valence-corrected chi connectivity index (χ2v) is 15.0. The minimum absolute atomic E-state index is 0.00710. The van der Waals surface area contributed by atoms with Crippen molar-refractivity contribution in [1.82, 2.24) is 0 Å². The first-order valence-electron chi connectivity index (χ1n) is 15.4. The van der Waals surface area contributed by atoms with Crippen molar-refractivity contribution >= 4 is 11.7 Å². The van der Waals surface area contributed by atoms with Crippen molar-refractivity contribution in [3.63, 3.8) is 0 Å². The summed E-state index contributed by atoms with van der Waals surface area (Å²) in [5, 5.41) is 25.6. The van der Waals surface area contributed by atoms with Crippen LogP contribution in [0.4, 0.5) is 0 Å². The topological polar surface area (TPSA) is 81.8 Å². The predicted molar refractivity (Wildman–Crippen MR) is 140 cm³/mol. The van der Waals surface area contributed by atoms with Gasteiger partial charge in [-0.1, -0.05) is 27.2 Å². The summed E-state index contributed by atoms with van der Waals surface area (Å²) in [5.41, 5.74) is 0.449. The lowest BCUT2D eigenvalue weighted by Crippen LogP contribution is -2.71. The summed E-state index contributed by atoms with van der Waals surface area (Å²) in [4.78, 5) is 12.0. The summed E-state index contributed by atoms with van der Waals surface area (Å²) in [7, 11) is 0. The summed E-state index contributed by atoms with van der Waals surface area (Å²) in [6, 6.07) is 0.225. The van der Waals surface area contributed by atoms with Gasteiger partial charge in [0.05, 0.1) is 16.4 Å². The Kier molecular flexibility index (Phi) is 5.20. The minimum Gasteiger partial charge on any atom is -0.624 e. The number of rotatable bonds is 5. The van der Waals surface area contributed by atoms with Crippen LogP contribution in [0, 0.1) is 57.0 Å². The van der Waals surface area contributed by atoms with Gasteiger partial charge >= 0.3 is 5.97 Å². The van der Waals surface area contributed by atoms with Crippen molar-refractivity contribution < 1.29 is 24.1 Å². The molecule has 1 unspecified atom stereocenters. The van der Waals surface area contributed by atoms with E-state index in [4.69, 9.17) is 9.47 Å². The molecular formula is C31H47NO5. The fraction of sp³-hybridized carbons (Fsp3) is 0.935. The summed E-state index contributed by atoms with van der Waals surface area (Å²) in [6.07, 6.45) is 10.9. The Morgan fingerprint density at radius 3 is 2.68 bits per heavy atom.